The summed E-state index contributed by atoms with van der Waals surface area (Å²) < 4.78 is 8.25. The molecule has 0 spiro atoms. The zero-order chi connectivity index (χ0) is 17.5. The van der Waals surface area contributed by atoms with Gasteiger partial charge in [0, 0.05) is 13.2 Å². The number of methoxy groups -OCH3 is 1. The Balaban J connectivity index is 1.54. The van der Waals surface area contributed by atoms with Gasteiger partial charge in [-0.15, -0.1) is 16.4 Å². The zero-order valence-electron chi connectivity index (χ0n) is 14.5. The van der Waals surface area contributed by atoms with E-state index in [2.05, 4.69) is 15.3 Å². The van der Waals surface area contributed by atoms with Crippen molar-refractivity contribution in [1.29, 1.82) is 0 Å². The summed E-state index contributed by atoms with van der Waals surface area (Å²) in [5.41, 5.74) is 1.78. The molecule has 134 valence electrons. The maximum absolute atomic E-state index is 8.76. The van der Waals surface area contributed by atoms with Crippen molar-refractivity contribution in [3.8, 4) is 16.5 Å². The van der Waals surface area contributed by atoms with Crippen LogP contribution < -0.4 is 4.74 Å². The van der Waals surface area contributed by atoms with E-state index >= 15 is 0 Å². The molecule has 0 radical (unpaired) electrons. The van der Waals surface area contributed by atoms with E-state index < -0.39 is 0 Å². The molecule has 7 heteroatoms. The number of fused-ring (bicyclic) bond motifs is 1. The highest BCUT2D eigenvalue weighted by molar-refractivity contribution is 7.21. The summed E-state index contributed by atoms with van der Waals surface area (Å²) in [6, 6.07) is 5.89. The maximum Gasteiger partial charge on any atom is 0.146 e. The lowest BCUT2D eigenvalue weighted by Gasteiger charge is -2.01. The molecule has 2 aromatic heterocycles. The Bertz CT molecular complexity index is 799. The molecule has 0 bridgehead atoms. The first-order valence-electron chi connectivity index (χ1n) is 8.76. The van der Waals surface area contributed by atoms with Crippen LogP contribution >= 0.6 is 11.3 Å². The fourth-order valence-corrected chi connectivity index (χ4v) is 3.68. The van der Waals surface area contributed by atoms with E-state index in [1.165, 1.54) is 19.3 Å². The normalized spacial score (nSPS) is 11.3. The fraction of sp³-hybridized carbons (Fsp3) is 0.500. The molecule has 0 aliphatic rings. The average molecular weight is 360 g/mol. The summed E-state index contributed by atoms with van der Waals surface area (Å²) in [5, 5.41) is 18.1. The summed E-state index contributed by atoms with van der Waals surface area (Å²) in [5.74, 6) is 0.838. The van der Waals surface area contributed by atoms with Crippen LogP contribution in [-0.2, 0) is 6.54 Å². The van der Waals surface area contributed by atoms with Crippen LogP contribution in [0.1, 0.15) is 38.5 Å². The Hall–Kier alpha value is -1.99. The number of ether oxygens (including phenoxy) is 1. The van der Waals surface area contributed by atoms with Crippen LogP contribution in [0.4, 0.5) is 0 Å². The van der Waals surface area contributed by atoms with Gasteiger partial charge < -0.3 is 9.84 Å². The van der Waals surface area contributed by atoms with Crippen LogP contribution in [0, 0.1) is 0 Å². The second kappa shape index (κ2) is 8.92. The summed E-state index contributed by atoms with van der Waals surface area (Å²) in [7, 11) is 1.67. The van der Waals surface area contributed by atoms with Crippen LogP contribution in [-0.4, -0.2) is 38.8 Å². The summed E-state index contributed by atoms with van der Waals surface area (Å²) in [4.78, 5) is 4.64. The van der Waals surface area contributed by atoms with E-state index in [9.17, 15) is 0 Å². The molecule has 1 aromatic carbocycles. The van der Waals surface area contributed by atoms with Gasteiger partial charge in [-0.2, -0.15) is 0 Å². The Kier molecular flexibility index (Phi) is 6.36. The van der Waals surface area contributed by atoms with Gasteiger partial charge >= 0.3 is 0 Å². The van der Waals surface area contributed by atoms with Gasteiger partial charge in [0.25, 0.3) is 0 Å². The number of nitrogens with zero attached hydrogens (tertiary/aromatic N) is 4. The number of aryl methyl sites for hydroxylation is 1. The molecule has 0 atom stereocenters. The van der Waals surface area contributed by atoms with Crippen LogP contribution in [0.15, 0.2) is 24.4 Å². The third-order valence-electron chi connectivity index (χ3n) is 4.15. The smallest absolute Gasteiger partial charge is 0.146 e. The lowest BCUT2D eigenvalue weighted by atomic mass is 10.1. The average Bonchev–Trinajstić information content (AvgIpc) is 3.26. The van der Waals surface area contributed by atoms with E-state index in [1.807, 2.05) is 29.1 Å². The van der Waals surface area contributed by atoms with Gasteiger partial charge in [0.05, 0.1) is 23.5 Å². The molecule has 0 saturated carbocycles. The van der Waals surface area contributed by atoms with Crippen LogP contribution in [0.2, 0.25) is 0 Å². The van der Waals surface area contributed by atoms with Gasteiger partial charge in [-0.3, -0.25) is 4.68 Å². The number of benzene rings is 1. The largest absolute Gasteiger partial charge is 0.497 e. The van der Waals surface area contributed by atoms with Crippen LogP contribution in [0.25, 0.3) is 20.9 Å². The number of hydrogen-bond acceptors (Lipinski definition) is 6. The predicted octanol–water partition coefficient (Wildman–Crippen LogP) is 3.90. The first-order valence-corrected chi connectivity index (χ1v) is 9.58. The Morgan fingerprint density at radius 1 is 1.12 bits per heavy atom. The Morgan fingerprint density at radius 2 is 1.92 bits per heavy atom. The molecular formula is C18H24N4O2S. The molecule has 6 nitrogen and oxygen atoms in total. The van der Waals surface area contributed by atoms with Crippen molar-refractivity contribution in [2.75, 3.05) is 13.7 Å². The quantitative estimate of drug-likeness (QED) is 0.555. The topological polar surface area (TPSA) is 73.1 Å². The fourth-order valence-electron chi connectivity index (χ4n) is 2.74. The number of hydrogen-bond donors (Lipinski definition) is 1. The monoisotopic (exact) mass is 360 g/mol. The second-order valence-corrected chi connectivity index (χ2v) is 7.10. The van der Waals surface area contributed by atoms with E-state index in [0.717, 1.165) is 52.5 Å². The number of thiazole rings is 1. The van der Waals surface area contributed by atoms with Crippen molar-refractivity contribution in [2.24, 2.45) is 0 Å². The number of unbranched alkanes of at least 4 members (excludes halogenated alkanes) is 5. The lowest BCUT2D eigenvalue weighted by molar-refractivity contribution is 0.282. The molecule has 0 unspecified atom stereocenters. The van der Waals surface area contributed by atoms with Crippen molar-refractivity contribution in [2.45, 2.75) is 45.1 Å². The number of aromatic nitrogens is 4. The van der Waals surface area contributed by atoms with Gasteiger partial charge in [-0.25, -0.2) is 4.98 Å². The van der Waals surface area contributed by atoms with E-state index in [4.69, 9.17) is 9.84 Å². The summed E-state index contributed by atoms with van der Waals surface area (Å²) in [6.07, 6.45) is 8.69. The van der Waals surface area contributed by atoms with Gasteiger partial charge in [0.2, 0.25) is 0 Å². The van der Waals surface area contributed by atoms with Gasteiger partial charge in [-0.1, -0.05) is 30.9 Å². The lowest BCUT2D eigenvalue weighted by Crippen LogP contribution is -1.98. The van der Waals surface area contributed by atoms with Crippen LogP contribution in [0.5, 0.6) is 5.75 Å². The summed E-state index contributed by atoms with van der Waals surface area (Å²) >= 11 is 1.61. The van der Waals surface area contributed by atoms with E-state index in [1.54, 1.807) is 18.4 Å². The molecule has 3 rings (SSSR count). The first-order chi connectivity index (χ1) is 12.3. The van der Waals surface area contributed by atoms with Gasteiger partial charge in [0.1, 0.15) is 16.5 Å². The standard InChI is InChI=1S/C18H24N4O2S/c1-24-14-8-9-15-17(12-14)25-18(19-15)16-13-22(21-20-16)10-6-4-2-3-5-7-11-23/h8-9,12-13,23H,2-7,10-11H2,1H3. The van der Waals surface area contributed by atoms with Crippen molar-refractivity contribution < 1.29 is 9.84 Å². The first kappa shape index (κ1) is 17.8. The van der Waals surface area contributed by atoms with Crippen molar-refractivity contribution in [3.05, 3.63) is 24.4 Å². The molecule has 0 saturated heterocycles. The molecule has 0 fully saturated rings. The molecule has 1 N–H and O–H groups in total. The third-order valence-corrected chi connectivity index (χ3v) is 5.19. The SMILES string of the molecule is COc1ccc2nc(-c3cn(CCCCCCCCO)nn3)sc2c1. The number of rotatable bonds is 10. The van der Waals surface area contributed by atoms with Crippen LogP contribution in [0.3, 0.4) is 0 Å². The summed E-state index contributed by atoms with van der Waals surface area (Å²) in [6.45, 7) is 1.19. The van der Waals surface area contributed by atoms with E-state index in [-0.39, 0.29) is 0 Å². The third kappa shape index (κ3) is 4.76. The molecule has 25 heavy (non-hydrogen) atoms. The minimum absolute atomic E-state index is 0.306. The molecule has 0 aliphatic heterocycles. The predicted molar refractivity (Wildman–Crippen MR) is 100.0 cm³/mol. The molecule has 3 aromatic rings. The Morgan fingerprint density at radius 3 is 2.72 bits per heavy atom. The minimum atomic E-state index is 0.306. The van der Waals surface area contributed by atoms with Crippen molar-refractivity contribution >= 4 is 21.6 Å². The molecule has 2 heterocycles. The van der Waals surface area contributed by atoms with Gasteiger partial charge in [-0.05, 0) is 31.0 Å². The highest BCUT2D eigenvalue weighted by Gasteiger charge is 2.11. The molecule has 0 aliphatic carbocycles. The number of aliphatic hydroxyl groups is 1. The Labute approximate surface area is 151 Å². The highest BCUT2D eigenvalue weighted by Crippen LogP contribution is 2.31. The van der Waals surface area contributed by atoms with E-state index in [0.29, 0.717) is 6.61 Å². The molecule has 0 amide bonds. The maximum atomic E-state index is 8.76. The number of aliphatic hydroxyl groups excluding tert-OH is 1. The molecular weight excluding hydrogens is 336 g/mol. The zero-order valence-corrected chi connectivity index (χ0v) is 15.3. The van der Waals surface area contributed by atoms with Crippen molar-refractivity contribution in [1.82, 2.24) is 20.0 Å². The highest BCUT2D eigenvalue weighted by atomic mass is 32.1. The van der Waals surface area contributed by atoms with Crippen molar-refractivity contribution in [3.63, 3.8) is 0 Å². The van der Waals surface area contributed by atoms with Gasteiger partial charge in [0.15, 0.2) is 0 Å². The second-order valence-electron chi connectivity index (χ2n) is 6.06. The minimum Gasteiger partial charge on any atom is -0.497 e.